The number of halogens is 2. The predicted molar refractivity (Wildman–Crippen MR) is 62.5 cm³/mol. The van der Waals surface area contributed by atoms with Gasteiger partial charge in [-0.2, -0.15) is 0 Å². The van der Waals surface area contributed by atoms with Crippen molar-refractivity contribution in [1.82, 2.24) is 5.32 Å². The van der Waals surface area contributed by atoms with Crippen LogP contribution in [-0.2, 0) is 5.41 Å². The Morgan fingerprint density at radius 1 is 1.25 bits per heavy atom. The van der Waals surface area contributed by atoms with Crippen molar-refractivity contribution in [3.05, 3.63) is 35.4 Å². The average molecular weight is 227 g/mol. The van der Waals surface area contributed by atoms with Gasteiger partial charge in [-0.1, -0.05) is 20.8 Å². The summed E-state index contributed by atoms with van der Waals surface area (Å²) in [5.74, 6) is -0.712. The molecule has 1 nitrogen and oxygen atoms in total. The standard InChI is InChI=1S/C13H19F2N/c1-4-16-8-7-13(2,3)11-9-10(14)5-6-12(11)15/h5-6,9,16H,4,7-8H2,1-3H3. The van der Waals surface area contributed by atoms with Gasteiger partial charge in [0.15, 0.2) is 0 Å². The number of nitrogens with one attached hydrogen (secondary N) is 1. The largest absolute Gasteiger partial charge is 0.317 e. The minimum Gasteiger partial charge on any atom is -0.317 e. The maximum absolute atomic E-state index is 13.6. The van der Waals surface area contributed by atoms with Gasteiger partial charge in [-0.25, -0.2) is 8.78 Å². The van der Waals surface area contributed by atoms with E-state index in [1.54, 1.807) is 0 Å². The molecule has 1 rings (SSSR count). The molecule has 1 aromatic rings. The Hall–Kier alpha value is -0.960. The molecule has 0 atom stereocenters. The third-order valence-corrected chi connectivity index (χ3v) is 2.83. The number of rotatable bonds is 5. The fourth-order valence-electron chi connectivity index (χ4n) is 1.73. The zero-order valence-electron chi connectivity index (χ0n) is 10.1. The first-order valence-corrected chi connectivity index (χ1v) is 5.63. The van der Waals surface area contributed by atoms with E-state index >= 15 is 0 Å². The van der Waals surface area contributed by atoms with Crippen molar-refractivity contribution in [2.75, 3.05) is 13.1 Å². The van der Waals surface area contributed by atoms with Crippen LogP contribution in [-0.4, -0.2) is 13.1 Å². The SMILES string of the molecule is CCNCCC(C)(C)c1cc(F)ccc1F. The van der Waals surface area contributed by atoms with E-state index in [0.29, 0.717) is 5.56 Å². The van der Waals surface area contributed by atoms with E-state index in [1.165, 1.54) is 12.1 Å². The normalized spacial score (nSPS) is 11.8. The Labute approximate surface area is 95.9 Å². The van der Waals surface area contributed by atoms with Gasteiger partial charge in [0, 0.05) is 0 Å². The van der Waals surface area contributed by atoms with Crippen LogP contribution in [0.2, 0.25) is 0 Å². The molecular formula is C13H19F2N. The molecule has 1 N–H and O–H groups in total. The summed E-state index contributed by atoms with van der Waals surface area (Å²) in [6.45, 7) is 7.58. The second-order valence-electron chi connectivity index (χ2n) is 4.61. The van der Waals surface area contributed by atoms with Crippen molar-refractivity contribution in [1.29, 1.82) is 0 Å². The molecule has 1 aromatic carbocycles. The van der Waals surface area contributed by atoms with Crippen LogP contribution in [0.5, 0.6) is 0 Å². The summed E-state index contributed by atoms with van der Waals surface area (Å²) in [5.41, 5.74) is 0.0966. The van der Waals surface area contributed by atoms with Gasteiger partial charge in [0.25, 0.3) is 0 Å². The van der Waals surface area contributed by atoms with Crippen LogP contribution in [0.1, 0.15) is 32.8 Å². The zero-order chi connectivity index (χ0) is 12.2. The minimum atomic E-state index is -0.382. The molecule has 0 aliphatic carbocycles. The summed E-state index contributed by atoms with van der Waals surface area (Å²) < 4.78 is 26.7. The Morgan fingerprint density at radius 3 is 2.56 bits per heavy atom. The Morgan fingerprint density at radius 2 is 1.94 bits per heavy atom. The number of benzene rings is 1. The van der Waals surface area contributed by atoms with Gasteiger partial charge >= 0.3 is 0 Å². The van der Waals surface area contributed by atoms with Crippen molar-refractivity contribution >= 4 is 0 Å². The third kappa shape index (κ3) is 3.27. The molecule has 3 heteroatoms. The molecule has 0 aliphatic rings. The molecule has 0 spiro atoms. The van der Waals surface area contributed by atoms with Gasteiger partial charge in [0.1, 0.15) is 11.6 Å². The molecule has 0 saturated heterocycles. The van der Waals surface area contributed by atoms with Crippen molar-refractivity contribution in [2.45, 2.75) is 32.6 Å². The lowest BCUT2D eigenvalue weighted by molar-refractivity contribution is 0.433. The van der Waals surface area contributed by atoms with Crippen molar-refractivity contribution in [2.24, 2.45) is 0 Å². The summed E-state index contributed by atoms with van der Waals surface area (Å²) in [4.78, 5) is 0. The van der Waals surface area contributed by atoms with Gasteiger partial charge in [-0.3, -0.25) is 0 Å². The molecule has 90 valence electrons. The quantitative estimate of drug-likeness (QED) is 0.761. The fraction of sp³-hybridized carbons (Fsp3) is 0.538. The van der Waals surface area contributed by atoms with Crippen molar-refractivity contribution in [3.8, 4) is 0 Å². The highest BCUT2D eigenvalue weighted by Gasteiger charge is 2.24. The van der Waals surface area contributed by atoms with Crippen LogP contribution in [0, 0.1) is 11.6 Å². The van der Waals surface area contributed by atoms with E-state index < -0.39 is 0 Å². The Balaban J connectivity index is 2.83. The van der Waals surface area contributed by atoms with Gasteiger partial charge in [0.05, 0.1) is 0 Å². The number of hydrogen-bond donors (Lipinski definition) is 1. The molecule has 0 saturated carbocycles. The minimum absolute atomic E-state index is 0.331. The maximum Gasteiger partial charge on any atom is 0.127 e. The molecule has 0 amide bonds. The highest BCUT2D eigenvalue weighted by molar-refractivity contribution is 5.26. The van der Waals surface area contributed by atoms with E-state index in [2.05, 4.69) is 5.32 Å². The van der Waals surface area contributed by atoms with Crippen molar-refractivity contribution in [3.63, 3.8) is 0 Å². The topological polar surface area (TPSA) is 12.0 Å². The Kier molecular flexibility index (Phi) is 4.42. The molecular weight excluding hydrogens is 208 g/mol. The molecule has 0 radical (unpaired) electrons. The van der Waals surface area contributed by atoms with Gasteiger partial charge in [-0.05, 0) is 48.7 Å². The van der Waals surface area contributed by atoms with Crippen LogP contribution in [0.15, 0.2) is 18.2 Å². The highest BCUT2D eigenvalue weighted by atomic mass is 19.1. The fourth-order valence-corrected chi connectivity index (χ4v) is 1.73. The second-order valence-corrected chi connectivity index (χ2v) is 4.61. The smallest absolute Gasteiger partial charge is 0.127 e. The first-order chi connectivity index (χ1) is 7.47. The lowest BCUT2D eigenvalue weighted by Crippen LogP contribution is -2.26. The summed E-state index contributed by atoms with van der Waals surface area (Å²) >= 11 is 0. The summed E-state index contributed by atoms with van der Waals surface area (Å²) in [6, 6.07) is 3.64. The average Bonchev–Trinajstić information content (AvgIpc) is 2.22. The molecule has 0 bridgehead atoms. The molecule has 0 fully saturated rings. The molecule has 0 unspecified atom stereocenters. The van der Waals surface area contributed by atoms with Crippen molar-refractivity contribution < 1.29 is 8.78 Å². The second kappa shape index (κ2) is 5.39. The van der Waals surface area contributed by atoms with E-state index in [4.69, 9.17) is 0 Å². The molecule has 0 aromatic heterocycles. The zero-order valence-corrected chi connectivity index (χ0v) is 10.1. The van der Waals surface area contributed by atoms with Crippen LogP contribution in [0.4, 0.5) is 8.78 Å². The van der Waals surface area contributed by atoms with E-state index in [1.807, 2.05) is 20.8 Å². The first-order valence-electron chi connectivity index (χ1n) is 5.63. The van der Waals surface area contributed by atoms with E-state index in [9.17, 15) is 8.78 Å². The Bertz CT molecular complexity index is 348. The van der Waals surface area contributed by atoms with Gasteiger partial charge in [0.2, 0.25) is 0 Å². The predicted octanol–water partition coefficient (Wildman–Crippen LogP) is 3.24. The maximum atomic E-state index is 13.6. The lowest BCUT2D eigenvalue weighted by atomic mass is 9.81. The van der Waals surface area contributed by atoms with E-state index in [-0.39, 0.29) is 17.0 Å². The molecule has 16 heavy (non-hydrogen) atoms. The lowest BCUT2D eigenvalue weighted by Gasteiger charge is -2.26. The number of hydrogen-bond acceptors (Lipinski definition) is 1. The molecule has 0 heterocycles. The van der Waals surface area contributed by atoms with Gasteiger partial charge in [-0.15, -0.1) is 0 Å². The monoisotopic (exact) mass is 227 g/mol. The van der Waals surface area contributed by atoms with Gasteiger partial charge < -0.3 is 5.32 Å². The highest BCUT2D eigenvalue weighted by Crippen LogP contribution is 2.29. The molecule has 0 aliphatic heterocycles. The summed E-state index contributed by atoms with van der Waals surface area (Å²) in [7, 11) is 0. The summed E-state index contributed by atoms with van der Waals surface area (Å²) in [5, 5.41) is 3.19. The first kappa shape index (κ1) is 13.1. The third-order valence-electron chi connectivity index (χ3n) is 2.83. The summed E-state index contributed by atoms with van der Waals surface area (Å²) in [6.07, 6.45) is 0.779. The van der Waals surface area contributed by atoms with E-state index in [0.717, 1.165) is 25.6 Å². The van der Waals surface area contributed by atoms with Crippen LogP contribution in [0.3, 0.4) is 0 Å². The van der Waals surface area contributed by atoms with Crippen LogP contribution < -0.4 is 5.32 Å². The van der Waals surface area contributed by atoms with Crippen LogP contribution >= 0.6 is 0 Å². The van der Waals surface area contributed by atoms with Crippen LogP contribution in [0.25, 0.3) is 0 Å².